The number of benzene rings is 2. The molecule has 0 fully saturated rings. The van der Waals surface area contributed by atoms with Gasteiger partial charge in [-0.1, -0.05) is 36.4 Å². The predicted octanol–water partition coefficient (Wildman–Crippen LogP) is 2.46. The minimum atomic E-state index is -0.530. The zero-order chi connectivity index (χ0) is 16.6. The summed E-state index contributed by atoms with van der Waals surface area (Å²) in [6.45, 7) is 2.58. The molecule has 0 aliphatic heterocycles. The van der Waals surface area contributed by atoms with Gasteiger partial charge in [-0.3, -0.25) is 0 Å². The summed E-state index contributed by atoms with van der Waals surface area (Å²) in [7, 11) is 0. The molecule has 0 bridgehead atoms. The highest BCUT2D eigenvalue weighted by Crippen LogP contribution is 2.25. The third-order valence-electron chi connectivity index (χ3n) is 3.89. The van der Waals surface area contributed by atoms with Gasteiger partial charge in [-0.2, -0.15) is 0 Å². The van der Waals surface area contributed by atoms with E-state index in [1.165, 1.54) is 0 Å². The highest BCUT2D eigenvalue weighted by molar-refractivity contribution is 5.88. The molecule has 126 valence electrons. The van der Waals surface area contributed by atoms with Gasteiger partial charge in [0.2, 0.25) is 0 Å². The molecule has 0 saturated carbocycles. The number of nitrogens with one attached hydrogen (secondary N) is 1. The number of aliphatic hydroxyl groups is 1. The van der Waals surface area contributed by atoms with E-state index in [0.29, 0.717) is 6.54 Å². The number of rotatable bonds is 9. The van der Waals surface area contributed by atoms with Crippen molar-refractivity contribution in [1.29, 1.82) is 0 Å². The third-order valence-corrected chi connectivity index (χ3v) is 3.89. The van der Waals surface area contributed by atoms with Crippen LogP contribution in [0.2, 0.25) is 0 Å². The Hall–Kier alpha value is -2.37. The van der Waals surface area contributed by atoms with E-state index in [1.54, 1.807) is 6.20 Å². The molecule has 5 nitrogen and oxygen atoms in total. The molecule has 24 heavy (non-hydrogen) atoms. The summed E-state index contributed by atoms with van der Waals surface area (Å²) in [5.74, 6) is 0.812. The monoisotopic (exact) mass is 325 g/mol. The van der Waals surface area contributed by atoms with Crippen LogP contribution in [0.5, 0.6) is 5.75 Å². The first-order chi connectivity index (χ1) is 11.8. The molecular weight excluding hydrogens is 302 g/mol. The Morgan fingerprint density at radius 1 is 1.17 bits per heavy atom. The number of fused-ring (bicyclic) bond motifs is 1. The Balaban J connectivity index is 1.38. The van der Waals surface area contributed by atoms with Crippen LogP contribution in [0.25, 0.3) is 10.8 Å². The first-order valence-electron chi connectivity index (χ1n) is 8.28. The normalized spacial score (nSPS) is 12.4. The van der Waals surface area contributed by atoms with Gasteiger partial charge in [0.15, 0.2) is 0 Å². The molecule has 1 aromatic heterocycles. The Bertz CT molecular complexity index is 738. The number of aromatic nitrogens is 2. The van der Waals surface area contributed by atoms with Gasteiger partial charge in [-0.15, -0.1) is 0 Å². The van der Waals surface area contributed by atoms with Gasteiger partial charge >= 0.3 is 0 Å². The number of hydrogen-bond donors (Lipinski definition) is 2. The quantitative estimate of drug-likeness (QED) is 0.593. The molecule has 0 spiro atoms. The average Bonchev–Trinajstić information content (AvgIpc) is 3.13. The zero-order valence-corrected chi connectivity index (χ0v) is 13.6. The van der Waals surface area contributed by atoms with Crippen LogP contribution in [0.4, 0.5) is 0 Å². The smallest absolute Gasteiger partial charge is 0.127 e. The van der Waals surface area contributed by atoms with Crippen molar-refractivity contribution in [3.05, 3.63) is 61.2 Å². The maximum Gasteiger partial charge on any atom is 0.127 e. The highest BCUT2D eigenvalue weighted by Gasteiger charge is 2.07. The van der Waals surface area contributed by atoms with Gasteiger partial charge in [0.25, 0.3) is 0 Å². The molecule has 0 radical (unpaired) electrons. The number of ether oxygens (including phenoxy) is 1. The van der Waals surface area contributed by atoms with E-state index in [4.69, 9.17) is 4.74 Å². The summed E-state index contributed by atoms with van der Waals surface area (Å²) in [6, 6.07) is 14.1. The zero-order valence-electron chi connectivity index (χ0n) is 13.6. The van der Waals surface area contributed by atoms with Crippen LogP contribution >= 0.6 is 0 Å². The second kappa shape index (κ2) is 8.47. The average molecular weight is 325 g/mol. The second-order valence-corrected chi connectivity index (χ2v) is 5.80. The fourth-order valence-corrected chi connectivity index (χ4v) is 2.64. The molecule has 0 aliphatic carbocycles. The number of nitrogens with zero attached hydrogens (tertiary/aromatic N) is 2. The van der Waals surface area contributed by atoms with Crippen LogP contribution in [-0.4, -0.2) is 40.5 Å². The summed E-state index contributed by atoms with van der Waals surface area (Å²) >= 11 is 0. The lowest BCUT2D eigenvalue weighted by molar-refractivity contribution is 0.107. The van der Waals surface area contributed by atoms with Crippen LogP contribution < -0.4 is 10.1 Å². The minimum Gasteiger partial charge on any atom is -0.490 e. The van der Waals surface area contributed by atoms with Crippen molar-refractivity contribution in [1.82, 2.24) is 14.9 Å². The molecule has 0 aliphatic rings. The van der Waals surface area contributed by atoms with E-state index in [1.807, 2.05) is 47.4 Å². The third kappa shape index (κ3) is 4.57. The lowest BCUT2D eigenvalue weighted by Crippen LogP contribution is -2.32. The Morgan fingerprint density at radius 2 is 2.04 bits per heavy atom. The SMILES string of the molecule is OC(CNCCCn1ccnc1)COc1cccc2ccccc12. The maximum absolute atomic E-state index is 10.1. The minimum absolute atomic E-state index is 0.280. The van der Waals surface area contributed by atoms with Gasteiger partial charge in [-0.25, -0.2) is 4.98 Å². The van der Waals surface area contributed by atoms with Crippen LogP contribution in [-0.2, 0) is 6.54 Å². The Labute approximate surface area is 141 Å². The molecule has 1 unspecified atom stereocenters. The molecular formula is C19H23N3O2. The summed E-state index contributed by atoms with van der Waals surface area (Å²) in [4.78, 5) is 4.01. The van der Waals surface area contributed by atoms with Crippen LogP contribution in [0.3, 0.4) is 0 Å². The molecule has 3 rings (SSSR count). The van der Waals surface area contributed by atoms with Gasteiger partial charge in [0.05, 0.1) is 6.33 Å². The standard InChI is InChI=1S/C19H23N3O2/c23-17(13-20-9-4-11-22-12-10-21-15-22)14-24-19-8-3-6-16-5-1-2-7-18(16)19/h1-3,5-8,10,12,15,17,20,23H,4,9,11,13-14H2. The van der Waals surface area contributed by atoms with Crippen LogP contribution in [0.15, 0.2) is 61.2 Å². The fourth-order valence-electron chi connectivity index (χ4n) is 2.64. The molecule has 0 amide bonds. The van der Waals surface area contributed by atoms with Crippen LogP contribution in [0, 0.1) is 0 Å². The second-order valence-electron chi connectivity index (χ2n) is 5.80. The van der Waals surface area contributed by atoms with Crippen molar-refractivity contribution >= 4 is 10.8 Å². The van der Waals surface area contributed by atoms with Crippen molar-refractivity contribution in [2.75, 3.05) is 19.7 Å². The molecule has 1 heterocycles. The lowest BCUT2D eigenvalue weighted by atomic mass is 10.1. The summed E-state index contributed by atoms with van der Waals surface area (Å²) in [5, 5.41) is 15.5. The Kier molecular flexibility index (Phi) is 5.82. The fraction of sp³-hybridized carbons (Fsp3) is 0.316. The lowest BCUT2D eigenvalue weighted by Gasteiger charge is -2.14. The Morgan fingerprint density at radius 3 is 2.92 bits per heavy atom. The largest absolute Gasteiger partial charge is 0.490 e. The molecule has 3 aromatic rings. The predicted molar refractivity (Wildman–Crippen MR) is 95.2 cm³/mol. The van der Waals surface area contributed by atoms with Crippen molar-refractivity contribution in [3.8, 4) is 5.75 Å². The van der Waals surface area contributed by atoms with Crippen molar-refractivity contribution in [2.45, 2.75) is 19.1 Å². The number of hydrogen-bond acceptors (Lipinski definition) is 4. The van der Waals surface area contributed by atoms with Crippen molar-refractivity contribution < 1.29 is 9.84 Å². The molecule has 0 saturated heterocycles. The molecule has 5 heteroatoms. The van der Waals surface area contributed by atoms with Crippen molar-refractivity contribution in [3.63, 3.8) is 0 Å². The van der Waals surface area contributed by atoms with Gasteiger partial charge in [-0.05, 0) is 24.4 Å². The first-order valence-corrected chi connectivity index (χ1v) is 8.28. The summed E-state index contributed by atoms with van der Waals surface area (Å²) in [5.41, 5.74) is 0. The number of aryl methyl sites for hydroxylation is 1. The van der Waals surface area contributed by atoms with Gasteiger partial charge < -0.3 is 19.7 Å². The van der Waals surface area contributed by atoms with E-state index in [0.717, 1.165) is 36.0 Å². The topological polar surface area (TPSA) is 59.3 Å². The van der Waals surface area contributed by atoms with E-state index in [9.17, 15) is 5.11 Å². The van der Waals surface area contributed by atoms with E-state index in [2.05, 4.69) is 22.4 Å². The first kappa shape index (κ1) is 16.5. The van der Waals surface area contributed by atoms with Gasteiger partial charge in [0, 0.05) is 30.9 Å². The number of imidazole rings is 1. The summed E-state index contributed by atoms with van der Waals surface area (Å²) < 4.78 is 7.84. The van der Waals surface area contributed by atoms with Crippen LogP contribution in [0.1, 0.15) is 6.42 Å². The van der Waals surface area contributed by atoms with E-state index >= 15 is 0 Å². The maximum atomic E-state index is 10.1. The summed E-state index contributed by atoms with van der Waals surface area (Å²) in [6.07, 6.45) is 6.01. The van der Waals surface area contributed by atoms with E-state index in [-0.39, 0.29) is 6.61 Å². The van der Waals surface area contributed by atoms with Crippen molar-refractivity contribution in [2.24, 2.45) is 0 Å². The molecule has 2 aromatic carbocycles. The molecule has 2 N–H and O–H groups in total. The highest BCUT2D eigenvalue weighted by atomic mass is 16.5. The van der Waals surface area contributed by atoms with Gasteiger partial charge in [0.1, 0.15) is 18.5 Å². The number of aliphatic hydroxyl groups excluding tert-OH is 1. The molecule has 1 atom stereocenters. The van der Waals surface area contributed by atoms with E-state index < -0.39 is 6.10 Å².